The van der Waals surface area contributed by atoms with Crippen molar-refractivity contribution in [3.63, 3.8) is 0 Å². The van der Waals surface area contributed by atoms with E-state index in [0.29, 0.717) is 17.9 Å². The zero-order valence-electron chi connectivity index (χ0n) is 11.2. The van der Waals surface area contributed by atoms with E-state index in [1.165, 1.54) is 11.8 Å². The number of halogens is 4. The van der Waals surface area contributed by atoms with Crippen molar-refractivity contribution in [2.75, 3.05) is 0 Å². The minimum atomic E-state index is -0.593. The molecule has 0 N–H and O–H groups in total. The summed E-state index contributed by atoms with van der Waals surface area (Å²) < 4.78 is 16.2. The first-order chi connectivity index (χ1) is 10.4. The van der Waals surface area contributed by atoms with Crippen LogP contribution < -0.4 is 9.47 Å². The van der Waals surface area contributed by atoms with Gasteiger partial charge < -0.3 is 9.47 Å². The van der Waals surface area contributed by atoms with E-state index in [0.717, 1.165) is 43.6 Å². The monoisotopic (exact) mass is 574 g/mol. The zero-order chi connectivity index (χ0) is 15.7. The van der Waals surface area contributed by atoms with Gasteiger partial charge in [0.1, 0.15) is 0 Å². The maximum Gasteiger partial charge on any atom is 0.201 e. The van der Waals surface area contributed by atoms with E-state index in [1.54, 1.807) is 0 Å². The number of hydrogen-bond donors (Lipinski definition) is 0. The second-order valence-electron chi connectivity index (χ2n) is 5.72. The Labute approximate surface area is 165 Å². The van der Waals surface area contributed by atoms with Crippen LogP contribution in [0.3, 0.4) is 0 Å². The number of carbonyl (C=O) groups is 1. The number of ether oxygens (including phenoxy) is 2. The molecule has 2 aliphatic heterocycles. The van der Waals surface area contributed by atoms with Crippen LogP contribution in [0.15, 0.2) is 17.9 Å². The van der Waals surface area contributed by atoms with E-state index < -0.39 is 10.5 Å². The van der Waals surface area contributed by atoms with Gasteiger partial charge in [0.05, 0.1) is 24.3 Å². The quantitative estimate of drug-likeness (QED) is 0.273. The van der Waals surface area contributed by atoms with Crippen LogP contribution in [0, 0.1) is 0 Å². The van der Waals surface area contributed by atoms with Gasteiger partial charge in [0.25, 0.3) is 0 Å². The van der Waals surface area contributed by atoms with Crippen molar-refractivity contribution in [2.24, 2.45) is 0 Å². The molecular weight excluding hydrogens is 568 g/mol. The molecule has 4 rings (SSSR count). The Bertz CT molecular complexity index is 653. The lowest BCUT2D eigenvalue weighted by atomic mass is 9.79. The fourth-order valence-electron chi connectivity index (χ4n) is 3.47. The molecule has 8 heteroatoms. The number of hydrogen-bond acceptors (Lipinski definition) is 4. The Morgan fingerprint density at radius 2 is 1.45 bits per heavy atom. The number of thioether (sulfide) groups is 1. The molecule has 0 aromatic heterocycles. The fourth-order valence-corrected chi connectivity index (χ4v) is 7.12. The average molecular weight is 578 g/mol. The summed E-state index contributed by atoms with van der Waals surface area (Å²) in [4.78, 5) is 11.6. The topological polar surface area (TPSA) is 35.5 Å². The van der Waals surface area contributed by atoms with Gasteiger partial charge in [-0.1, -0.05) is 0 Å². The Hall–Kier alpha value is 0.760. The van der Waals surface area contributed by atoms with Crippen molar-refractivity contribution >= 4 is 80.6 Å². The van der Waals surface area contributed by atoms with Crippen molar-refractivity contribution in [2.45, 2.75) is 42.6 Å². The number of carbonyl (C=O) groups excluding carboxylic acids is 1. The highest BCUT2D eigenvalue weighted by Gasteiger charge is 2.67. The molecule has 0 spiro atoms. The van der Waals surface area contributed by atoms with Gasteiger partial charge in [0.15, 0.2) is 22.2 Å². The first kappa shape index (κ1) is 16.2. The van der Waals surface area contributed by atoms with Crippen molar-refractivity contribution in [3.8, 4) is 11.5 Å². The predicted octanol–water partition coefficient (Wildman–Crippen LogP) is 6.18. The van der Waals surface area contributed by atoms with Gasteiger partial charge in [-0.3, -0.25) is 4.79 Å². The first-order valence-electron chi connectivity index (χ1n) is 6.85. The van der Waals surface area contributed by atoms with Crippen molar-refractivity contribution in [3.05, 3.63) is 17.9 Å². The van der Waals surface area contributed by atoms with E-state index in [1.807, 2.05) is 0 Å². The Kier molecular flexibility index (Phi) is 3.97. The summed E-state index contributed by atoms with van der Waals surface area (Å²) in [6.07, 6.45) is 4.21. The summed E-state index contributed by atoms with van der Waals surface area (Å²) in [5.41, 5.74) is -0.546. The van der Waals surface area contributed by atoms with E-state index in [9.17, 15) is 4.79 Å². The van der Waals surface area contributed by atoms with Crippen LogP contribution in [0.25, 0.3) is 0 Å². The summed E-state index contributed by atoms with van der Waals surface area (Å²) in [5.74, 6) is 1.32. The zero-order valence-corrected chi connectivity index (χ0v) is 18.3. The van der Waals surface area contributed by atoms with E-state index >= 15 is 0 Å². The summed E-state index contributed by atoms with van der Waals surface area (Å²) in [7, 11) is 0. The van der Waals surface area contributed by atoms with Crippen LogP contribution in [-0.2, 0) is 4.79 Å². The third-order valence-electron chi connectivity index (χ3n) is 4.49. The molecule has 0 unspecified atom stereocenters. The third-order valence-corrected chi connectivity index (χ3v) is 10.5. The van der Waals surface area contributed by atoms with Crippen LogP contribution in [0.4, 0.5) is 0 Å². The number of fused-ring (bicyclic) bond motifs is 1. The van der Waals surface area contributed by atoms with Crippen LogP contribution in [0.1, 0.15) is 32.1 Å². The van der Waals surface area contributed by atoms with Gasteiger partial charge in [0, 0.05) is 6.42 Å². The molecule has 1 aliphatic carbocycles. The molecule has 118 valence electrons. The highest BCUT2D eigenvalue weighted by atomic mass is 79.9. The SMILES string of the molecule is O=C1C[C@@]23CCCC[C@]2(Oc2c(Br)c(Br)c(Br)c(Br)c2O3)S1. The second-order valence-corrected chi connectivity index (χ2v) is 10.2. The predicted molar refractivity (Wildman–Crippen MR) is 99.6 cm³/mol. The van der Waals surface area contributed by atoms with Crippen molar-refractivity contribution < 1.29 is 14.3 Å². The Balaban J connectivity index is 1.94. The van der Waals surface area contributed by atoms with Gasteiger partial charge in [-0.2, -0.15) is 0 Å². The minimum absolute atomic E-state index is 0.153. The fraction of sp³-hybridized carbons (Fsp3) is 0.500. The standard InChI is InChI=1S/C14H10Br4O3S/c15-7-8(16)10(18)12-11(9(7)17)20-13-3-1-2-4-14(13,21-12)22-6(19)5-13/h1-5H2/t13-,14-/m0/s1. The van der Waals surface area contributed by atoms with E-state index in [2.05, 4.69) is 63.7 Å². The smallest absolute Gasteiger partial charge is 0.201 e. The molecule has 1 saturated heterocycles. The summed E-state index contributed by atoms with van der Waals surface area (Å²) in [6.45, 7) is 0. The van der Waals surface area contributed by atoms with Gasteiger partial charge >= 0.3 is 0 Å². The summed E-state index contributed by atoms with van der Waals surface area (Å²) >= 11 is 15.6. The van der Waals surface area contributed by atoms with Gasteiger partial charge in [-0.25, -0.2) is 0 Å². The largest absolute Gasteiger partial charge is 0.476 e. The highest BCUT2D eigenvalue weighted by Crippen LogP contribution is 2.64. The minimum Gasteiger partial charge on any atom is -0.476 e. The Morgan fingerprint density at radius 3 is 2.14 bits per heavy atom. The van der Waals surface area contributed by atoms with E-state index in [-0.39, 0.29) is 5.12 Å². The molecule has 1 aromatic carbocycles. The first-order valence-corrected chi connectivity index (χ1v) is 10.8. The van der Waals surface area contributed by atoms with Crippen LogP contribution in [0.5, 0.6) is 11.5 Å². The van der Waals surface area contributed by atoms with Crippen LogP contribution in [0.2, 0.25) is 0 Å². The molecule has 2 atom stereocenters. The van der Waals surface area contributed by atoms with E-state index in [4.69, 9.17) is 9.47 Å². The number of benzene rings is 1. The van der Waals surface area contributed by atoms with Gasteiger partial charge in [0.2, 0.25) is 4.93 Å². The highest BCUT2D eigenvalue weighted by molar-refractivity contribution is 9.15. The molecule has 22 heavy (non-hydrogen) atoms. The molecule has 0 amide bonds. The molecule has 3 nitrogen and oxygen atoms in total. The lowest BCUT2D eigenvalue weighted by Gasteiger charge is -2.50. The summed E-state index contributed by atoms with van der Waals surface area (Å²) in [5, 5.41) is 0.153. The summed E-state index contributed by atoms with van der Waals surface area (Å²) in [6, 6.07) is 0. The lowest BCUT2D eigenvalue weighted by molar-refractivity contribution is -0.125. The molecule has 0 radical (unpaired) electrons. The number of rotatable bonds is 0. The van der Waals surface area contributed by atoms with Crippen LogP contribution >= 0.6 is 75.5 Å². The normalized spacial score (nSPS) is 32.6. The van der Waals surface area contributed by atoms with Crippen molar-refractivity contribution in [1.82, 2.24) is 0 Å². The van der Waals surface area contributed by atoms with Crippen molar-refractivity contribution in [1.29, 1.82) is 0 Å². The molecular formula is C14H10Br4O3S. The second kappa shape index (κ2) is 5.38. The maximum atomic E-state index is 12.2. The Morgan fingerprint density at radius 1 is 0.864 bits per heavy atom. The molecule has 2 fully saturated rings. The maximum absolute atomic E-state index is 12.2. The van der Waals surface area contributed by atoms with Gasteiger partial charge in [-0.05, 0) is 94.7 Å². The average Bonchev–Trinajstić information content (AvgIpc) is 2.80. The van der Waals surface area contributed by atoms with Crippen LogP contribution in [-0.4, -0.2) is 15.6 Å². The third kappa shape index (κ3) is 2.06. The lowest BCUT2D eigenvalue weighted by Crippen LogP contribution is -2.60. The molecule has 0 bridgehead atoms. The molecule has 1 saturated carbocycles. The molecule has 3 aliphatic rings. The molecule has 1 aromatic rings. The van der Waals surface area contributed by atoms with Gasteiger partial charge in [-0.15, -0.1) is 0 Å². The molecule has 2 heterocycles.